The molecule has 1 N–H and O–H groups in total. The third-order valence-electron chi connectivity index (χ3n) is 3.24. The second-order valence-electron chi connectivity index (χ2n) is 4.65. The fourth-order valence-corrected chi connectivity index (χ4v) is 2.32. The molecule has 0 aliphatic heterocycles. The summed E-state index contributed by atoms with van der Waals surface area (Å²) in [4.78, 5) is 20.0. The van der Waals surface area contributed by atoms with Crippen LogP contribution in [0.1, 0.15) is 32.3 Å². The minimum Gasteiger partial charge on any atom is -0.371 e. The summed E-state index contributed by atoms with van der Waals surface area (Å²) in [6.45, 7) is 3.45. The van der Waals surface area contributed by atoms with E-state index >= 15 is 0 Å². The van der Waals surface area contributed by atoms with Gasteiger partial charge in [-0.05, 0) is 12.8 Å². The molecule has 0 amide bonds. The van der Waals surface area contributed by atoms with Crippen molar-refractivity contribution in [2.24, 2.45) is 0 Å². The molecule has 1 aromatic carbocycles. The Labute approximate surface area is 133 Å². The Hall–Kier alpha value is -2.10. The number of hydrogen-bond donors (Lipinski definition) is 1. The van der Waals surface area contributed by atoms with Gasteiger partial charge in [-0.3, -0.25) is 20.2 Å². The zero-order valence-corrected chi connectivity index (χ0v) is 12.9. The van der Waals surface area contributed by atoms with Crippen LogP contribution in [0.4, 0.5) is 30.2 Å². The average Bonchev–Trinajstić information content (AvgIpc) is 2.42. The second kappa shape index (κ2) is 6.99. The fraction of sp³-hybridized carbons (Fsp3) is 0.500. The maximum absolute atomic E-state index is 12.9. The van der Waals surface area contributed by atoms with E-state index in [0.717, 1.165) is 0 Å². The van der Waals surface area contributed by atoms with Crippen LogP contribution in [0.15, 0.2) is 6.07 Å². The molecule has 0 aliphatic carbocycles. The van der Waals surface area contributed by atoms with E-state index in [-0.39, 0.29) is 12.1 Å². The molecule has 0 saturated heterocycles. The summed E-state index contributed by atoms with van der Waals surface area (Å²) in [5.74, 6) is 0. The molecule has 0 saturated carbocycles. The van der Waals surface area contributed by atoms with Crippen molar-refractivity contribution in [3.05, 3.63) is 36.9 Å². The number of alkyl halides is 3. The Morgan fingerprint density at radius 1 is 1.22 bits per heavy atom. The van der Waals surface area contributed by atoms with Crippen LogP contribution < -0.4 is 5.32 Å². The van der Waals surface area contributed by atoms with Crippen molar-refractivity contribution in [2.75, 3.05) is 5.32 Å². The van der Waals surface area contributed by atoms with Crippen LogP contribution in [0.2, 0.25) is 5.02 Å². The predicted octanol–water partition coefficient (Wildman–Crippen LogP) is 4.78. The smallest absolute Gasteiger partial charge is 0.371 e. The van der Waals surface area contributed by atoms with Crippen LogP contribution in [0.5, 0.6) is 0 Å². The Morgan fingerprint density at radius 2 is 1.74 bits per heavy atom. The van der Waals surface area contributed by atoms with E-state index in [0.29, 0.717) is 12.8 Å². The van der Waals surface area contributed by atoms with Gasteiger partial charge in [0.2, 0.25) is 0 Å². The van der Waals surface area contributed by atoms with Gasteiger partial charge in [0.25, 0.3) is 5.69 Å². The lowest BCUT2D eigenvalue weighted by Gasteiger charge is -2.18. The molecule has 0 atom stereocenters. The van der Waals surface area contributed by atoms with Crippen LogP contribution in [0, 0.1) is 20.2 Å². The van der Waals surface area contributed by atoms with Gasteiger partial charge in [-0.15, -0.1) is 0 Å². The van der Waals surface area contributed by atoms with E-state index in [1.165, 1.54) is 0 Å². The summed E-state index contributed by atoms with van der Waals surface area (Å²) < 4.78 is 38.7. The van der Waals surface area contributed by atoms with Crippen molar-refractivity contribution in [3.63, 3.8) is 0 Å². The molecule has 11 heteroatoms. The Bertz CT molecular complexity index is 633. The van der Waals surface area contributed by atoms with Crippen LogP contribution in [-0.2, 0) is 6.18 Å². The number of nitrogens with one attached hydrogen (secondary N) is 1. The van der Waals surface area contributed by atoms with E-state index in [4.69, 9.17) is 11.6 Å². The molecule has 0 spiro atoms. The number of hydrogen-bond acceptors (Lipinski definition) is 5. The minimum atomic E-state index is -5.06. The van der Waals surface area contributed by atoms with Gasteiger partial charge >= 0.3 is 11.9 Å². The van der Waals surface area contributed by atoms with Crippen molar-refractivity contribution in [3.8, 4) is 0 Å². The van der Waals surface area contributed by atoms with Gasteiger partial charge in [0, 0.05) is 12.1 Å². The van der Waals surface area contributed by atoms with Gasteiger partial charge in [0.05, 0.1) is 15.4 Å². The van der Waals surface area contributed by atoms with E-state index in [1.54, 1.807) is 13.8 Å². The Morgan fingerprint density at radius 3 is 2.09 bits per heavy atom. The molecule has 0 radical (unpaired) electrons. The molecular formula is C12H13ClF3N3O4. The average molecular weight is 356 g/mol. The van der Waals surface area contributed by atoms with E-state index in [9.17, 15) is 33.4 Å². The lowest BCUT2D eigenvalue weighted by Crippen LogP contribution is -2.20. The van der Waals surface area contributed by atoms with Crippen LogP contribution in [0.25, 0.3) is 0 Å². The molecule has 128 valence electrons. The minimum absolute atomic E-state index is 0.208. The Kier molecular flexibility index (Phi) is 5.75. The monoisotopic (exact) mass is 355 g/mol. The molecule has 23 heavy (non-hydrogen) atoms. The zero-order chi connectivity index (χ0) is 17.9. The molecule has 0 unspecified atom stereocenters. The molecule has 7 nitrogen and oxygen atoms in total. The van der Waals surface area contributed by atoms with E-state index in [2.05, 4.69) is 5.32 Å². The summed E-state index contributed by atoms with van der Waals surface area (Å²) in [5, 5.41) is 23.6. The van der Waals surface area contributed by atoms with Crippen molar-refractivity contribution in [2.45, 2.75) is 38.9 Å². The predicted molar refractivity (Wildman–Crippen MR) is 77.8 cm³/mol. The first-order chi connectivity index (χ1) is 10.5. The lowest BCUT2D eigenvalue weighted by atomic mass is 10.1. The second-order valence-corrected chi connectivity index (χ2v) is 5.03. The zero-order valence-electron chi connectivity index (χ0n) is 12.1. The van der Waals surface area contributed by atoms with Crippen molar-refractivity contribution < 1.29 is 23.0 Å². The Balaban J connectivity index is 3.75. The van der Waals surface area contributed by atoms with E-state index in [1.807, 2.05) is 0 Å². The number of nitro groups is 2. The fourth-order valence-electron chi connectivity index (χ4n) is 1.99. The number of nitrogens with zero attached hydrogens (tertiary/aromatic N) is 2. The summed E-state index contributed by atoms with van der Waals surface area (Å²) in [7, 11) is 0. The lowest BCUT2D eigenvalue weighted by molar-refractivity contribution is -0.392. The van der Waals surface area contributed by atoms with Gasteiger partial charge in [0.15, 0.2) is 5.69 Å². The topological polar surface area (TPSA) is 98.3 Å². The molecule has 0 aliphatic rings. The van der Waals surface area contributed by atoms with Crippen LogP contribution in [-0.4, -0.2) is 15.9 Å². The molecule has 1 aromatic rings. The third kappa shape index (κ3) is 4.01. The van der Waals surface area contributed by atoms with Crippen molar-refractivity contribution in [1.82, 2.24) is 0 Å². The number of anilines is 1. The highest BCUT2D eigenvalue weighted by atomic mass is 35.5. The highest BCUT2D eigenvalue weighted by Crippen LogP contribution is 2.47. The van der Waals surface area contributed by atoms with Gasteiger partial charge < -0.3 is 5.32 Å². The van der Waals surface area contributed by atoms with Crippen LogP contribution in [0.3, 0.4) is 0 Å². The van der Waals surface area contributed by atoms with Gasteiger partial charge in [-0.1, -0.05) is 25.4 Å². The molecular weight excluding hydrogens is 343 g/mol. The first kappa shape index (κ1) is 18.9. The summed E-state index contributed by atoms with van der Waals surface area (Å²) in [6.07, 6.45) is -4.13. The van der Waals surface area contributed by atoms with Gasteiger partial charge in [-0.2, -0.15) is 13.2 Å². The normalized spacial score (nSPS) is 11.6. The SMILES string of the molecule is CCC(CC)Nc1c([N+](=O)[O-])cc(C(F)(F)F)c(Cl)c1[N+](=O)[O-]. The molecule has 0 bridgehead atoms. The number of nitro benzene ring substituents is 2. The van der Waals surface area contributed by atoms with Crippen LogP contribution >= 0.6 is 11.6 Å². The van der Waals surface area contributed by atoms with E-state index < -0.39 is 43.7 Å². The maximum atomic E-state index is 12.9. The highest BCUT2D eigenvalue weighted by Gasteiger charge is 2.42. The first-order valence-corrected chi connectivity index (χ1v) is 6.91. The summed E-state index contributed by atoms with van der Waals surface area (Å²) in [6, 6.07) is -0.180. The number of benzene rings is 1. The third-order valence-corrected chi connectivity index (χ3v) is 3.62. The van der Waals surface area contributed by atoms with Gasteiger partial charge in [-0.25, -0.2) is 0 Å². The number of halogens is 4. The highest BCUT2D eigenvalue weighted by molar-refractivity contribution is 6.34. The van der Waals surface area contributed by atoms with Crippen molar-refractivity contribution >= 4 is 28.7 Å². The maximum Gasteiger partial charge on any atom is 0.418 e. The van der Waals surface area contributed by atoms with Crippen molar-refractivity contribution in [1.29, 1.82) is 0 Å². The standard InChI is InChI=1S/C12H13ClF3N3O4/c1-3-6(4-2)17-10-8(18(20)21)5-7(12(14,15)16)9(13)11(10)19(22)23/h5-6,17H,3-4H2,1-2H3. The first-order valence-electron chi connectivity index (χ1n) is 6.53. The molecule has 0 aromatic heterocycles. The number of rotatable bonds is 6. The summed E-state index contributed by atoms with van der Waals surface area (Å²) >= 11 is 5.52. The summed E-state index contributed by atoms with van der Waals surface area (Å²) in [5.41, 5.74) is -4.43. The quantitative estimate of drug-likeness (QED) is 0.585. The largest absolute Gasteiger partial charge is 0.418 e. The molecule has 0 heterocycles. The van der Waals surface area contributed by atoms with Gasteiger partial charge in [0.1, 0.15) is 5.02 Å². The molecule has 1 rings (SSSR count). The molecule has 0 fully saturated rings.